The Balaban J connectivity index is 1.43. The predicted molar refractivity (Wildman–Crippen MR) is 106 cm³/mol. The molecule has 2 aromatic rings. The molecule has 1 aliphatic heterocycles. The number of hydrogen-bond donors (Lipinski definition) is 2. The number of carbonyl (C=O) groups excluding carboxylic acids is 2. The summed E-state index contributed by atoms with van der Waals surface area (Å²) in [7, 11) is -0.740. The summed E-state index contributed by atoms with van der Waals surface area (Å²) in [5.74, 6) is -0.756. The highest BCUT2D eigenvalue weighted by atomic mass is 16.3. The maximum atomic E-state index is 12.5. The Morgan fingerprint density at radius 1 is 1.04 bits per heavy atom. The Bertz CT molecular complexity index is 857. The number of imide groups is 1. The molecule has 0 aromatic heterocycles. The van der Waals surface area contributed by atoms with E-state index in [4.69, 9.17) is 0 Å². The van der Waals surface area contributed by atoms with E-state index in [1.54, 1.807) is 31.1 Å². The molecule has 0 fully saturated rings. The zero-order valence-corrected chi connectivity index (χ0v) is 15.8. The first kappa shape index (κ1) is 18.9. The van der Waals surface area contributed by atoms with E-state index in [0.29, 0.717) is 11.1 Å². The summed E-state index contributed by atoms with van der Waals surface area (Å²) in [4.78, 5) is 27.9. The van der Waals surface area contributed by atoms with Crippen LogP contribution in [-0.2, 0) is 12.8 Å². The van der Waals surface area contributed by atoms with E-state index < -0.39 is 13.2 Å². The van der Waals surface area contributed by atoms with Gasteiger partial charge in [0.05, 0.1) is 23.8 Å². The van der Waals surface area contributed by atoms with Crippen LogP contribution in [0.5, 0.6) is 0 Å². The van der Waals surface area contributed by atoms with Crippen molar-refractivity contribution in [3.8, 4) is 0 Å². The molecule has 0 saturated heterocycles. The van der Waals surface area contributed by atoms with Gasteiger partial charge >= 0.3 is 7.05 Å². The molecule has 1 atom stereocenters. The van der Waals surface area contributed by atoms with Gasteiger partial charge in [-0.3, -0.25) is 14.5 Å². The second kappa shape index (κ2) is 7.51. The molecule has 144 valence electrons. The van der Waals surface area contributed by atoms with E-state index in [2.05, 4.69) is 12.1 Å². The summed E-state index contributed by atoms with van der Waals surface area (Å²) in [6, 6.07) is 15.0. The molecule has 2 amide bonds. The van der Waals surface area contributed by atoms with Crippen LogP contribution >= 0.6 is 0 Å². The molecule has 0 bridgehead atoms. The monoisotopic (exact) mass is 378 g/mol. The minimum atomic E-state index is -0.944. The lowest BCUT2D eigenvalue weighted by Crippen LogP contribution is -2.51. The standard InChI is InChI=1S/C21H23BN2O4/c1-22(28)24(16-10-14-6-2-3-7-15(14)11-16)13-17(25)12-23-20(26)18-8-4-5-9-19(18)21(23)27/h2-9,16-17,25,28H,10-13H2,1H3/t17-/m1/s1. The smallest absolute Gasteiger partial charge is 0.376 e. The van der Waals surface area contributed by atoms with E-state index >= 15 is 0 Å². The van der Waals surface area contributed by atoms with Crippen molar-refractivity contribution in [1.29, 1.82) is 0 Å². The van der Waals surface area contributed by atoms with Crippen molar-refractivity contribution in [2.24, 2.45) is 0 Å². The van der Waals surface area contributed by atoms with Gasteiger partial charge in [0, 0.05) is 12.6 Å². The van der Waals surface area contributed by atoms with Gasteiger partial charge in [0.15, 0.2) is 0 Å². The van der Waals surface area contributed by atoms with Gasteiger partial charge in [0.25, 0.3) is 11.8 Å². The average molecular weight is 378 g/mol. The minimum Gasteiger partial charge on any atom is -0.437 e. The third kappa shape index (κ3) is 3.37. The number of nitrogens with zero attached hydrogens (tertiary/aromatic N) is 2. The number of carbonyl (C=O) groups is 2. The van der Waals surface area contributed by atoms with Crippen molar-refractivity contribution < 1.29 is 19.7 Å². The summed E-state index contributed by atoms with van der Waals surface area (Å²) in [5.41, 5.74) is 3.26. The van der Waals surface area contributed by atoms with E-state index in [0.717, 1.165) is 17.7 Å². The fourth-order valence-electron chi connectivity index (χ4n) is 4.29. The lowest BCUT2D eigenvalue weighted by Gasteiger charge is -2.32. The molecular formula is C21H23BN2O4. The second-order valence-corrected chi connectivity index (χ2v) is 7.58. The Morgan fingerprint density at radius 3 is 2.04 bits per heavy atom. The van der Waals surface area contributed by atoms with Gasteiger partial charge in [-0.2, -0.15) is 0 Å². The van der Waals surface area contributed by atoms with Gasteiger partial charge in [0.1, 0.15) is 0 Å². The van der Waals surface area contributed by atoms with Crippen LogP contribution in [-0.4, -0.2) is 63.9 Å². The van der Waals surface area contributed by atoms with Crippen molar-refractivity contribution in [2.45, 2.75) is 31.8 Å². The Morgan fingerprint density at radius 2 is 1.54 bits per heavy atom. The third-order valence-electron chi connectivity index (χ3n) is 5.67. The summed E-state index contributed by atoms with van der Waals surface area (Å²) in [5, 5.41) is 20.9. The third-order valence-corrected chi connectivity index (χ3v) is 5.67. The molecular weight excluding hydrogens is 355 g/mol. The quantitative estimate of drug-likeness (QED) is 0.584. The number of β-amino-alcohol motifs (C(OH)–C–C–N with tert-alkyl or cyclic N) is 1. The lowest BCUT2D eigenvalue weighted by molar-refractivity contribution is 0.0496. The fraction of sp³-hybridized carbons (Fsp3) is 0.333. The highest BCUT2D eigenvalue weighted by Crippen LogP contribution is 2.27. The van der Waals surface area contributed by atoms with Crippen LogP contribution in [0.3, 0.4) is 0 Å². The number of aliphatic hydroxyl groups excluding tert-OH is 1. The van der Waals surface area contributed by atoms with Gasteiger partial charge in [0.2, 0.25) is 0 Å². The topological polar surface area (TPSA) is 81.1 Å². The predicted octanol–water partition coefficient (Wildman–Crippen LogP) is 1.22. The van der Waals surface area contributed by atoms with Gasteiger partial charge < -0.3 is 14.9 Å². The van der Waals surface area contributed by atoms with Crippen LogP contribution in [0.1, 0.15) is 31.8 Å². The van der Waals surface area contributed by atoms with Crippen molar-refractivity contribution in [1.82, 2.24) is 9.71 Å². The summed E-state index contributed by atoms with van der Waals surface area (Å²) in [6.45, 7) is 1.77. The summed E-state index contributed by atoms with van der Waals surface area (Å²) in [6.07, 6.45) is 0.669. The number of benzene rings is 2. The molecule has 0 radical (unpaired) electrons. The van der Waals surface area contributed by atoms with Crippen molar-refractivity contribution >= 4 is 18.9 Å². The van der Waals surface area contributed by atoms with Crippen molar-refractivity contribution in [3.05, 3.63) is 70.8 Å². The molecule has 0 unspecified atom stereocenters. The van der Waals surface area contributed by atoms with E-state index in [1.807, 2.05) is 16.9 Å². The van der Waals surface area contributed by atoms with Crippen LogP contribution in [0.4, 0.5) is 0 Å². The molecule has 0 spiro atoms. The lowest BCUT2D eigenvalue weighted by atomic mass is 9.82. The molecule has 4 rings (SSSR count). The van der Waals surface area contributed by atoms with E-state index in [9.17, 15) is 19.7 Å². The van der Waals surface area contributed by atoms with Crippen LogP contribution in [0.2, 0.25) is 6.82 Å². The molecule has 1 aliphatic carbocycles. The number of hydrogen-bond acceptors (Lipinski definition) is 5. The highest BCUT2D eigenvalue weighted by molar-refractivity contribution is 6.45. The Labute approximate surface area is 164 Å². The Hall–Kier alpha value is -2.48. The maximum absolute atomic E-state index is 12.5. The molecule has 1 heterocycles. The first-order valence-electron chi connectivity index (χ1n) is 9.59. The summed E-state index contributed by atoms with van der Waals surface area (Å²) >= 11 is 0. The molecule has 28 heavy (non-hydrogen) atoms. The second-order valence-electron chi connectivity index (χ2n) is 7.58. The van der Waals surface area contributed by atoms with Gasteiger partial charge in [-0.25, -0.2) is 0 Å². The van der Waals surface area contributed by atoms with Crippen LogP contribution in [0, 0.1) is 0 Å². The van der Waals surface area contributed by atoms with Crippen molar-refractivity contribution in [2.75, 3.05) is 13.1 Å². The highest BCUT2D eigenvalue weighted by Gasteiger charge is 2.38. The zero-order valence-electron chi connectivity index (χ0n) is 15.8. The Kier molecular flexibility index (Phi) is 5.06. The van der Waals surface area contributed by atoms with E-state index in [-0.39, 0.29) is 30.9 Å². The molecule has 2 N–H and O–H groups in total. The first-order chi connectivity index (χ1) is 13.5. The van der Waals surface area contributed by atoms with Crippen molar-refractivity contribution in [3.63, 3.8) is 0 Å². The molecule has 2 aromatic carbocycles. The number of aliphatic hydroxyl groups is 1. The van der Waals surface area contributed by atoms with Gasteiger partial charge in [-0.05, 0) is 42.9 Å². The summed E-state index contributed by atoms with van der Waals surface area (Å²) < 4.78 is 0. The van der Waals surface area contributed by atoms with Crippen LogP contribution < -0.4 is 0 Å². The normalized spacial score (nSPS) is 17.2. The molecule has 6 nitrogen and oxygen atoms in total. The molecule has 7 heteroatoms. The number of rotatable bonds is 6. The molecule has 2 aliphatic rings. The largest absolute Gasteiger partial charge is 0.437 e. The minimum absolute atomic E-state index is 0.0780. The fourth-order valence-corrected chi connectivity index (χ4v) is 4.29. The van der Waals surface area contributed by atoms with Crippen LogP contribution in [0.25, 0.3) is 0 Å². The van der Waals surface area contributed by atoms with Gasteiger partial charge in [-0.1, -0.05) is 36.4 Å². The van der Waals surface area contributed by atoms with E-state index in [1.165, 1.54) is 11.1 Å². The SMILES string of the molecule is CB(O)N(C[C@H](O)CN1C(=O)c2ccccc2C1=O)C1Cc2ccccc2C1. The molecule has 0 saturated carbocycles. The maximum Gasteiger partial charge on any atom is 0.376 e. The number of amides is 2. The first-order valence-corrected chi connectivity index (χ1v) is 9.59. The van der Waals surface area contributed by atoms with Crippen LogP contribution in [0.15, 0.2) is 48.5 Å². The van der Waals surface area contributed by atoms with Gasteiger partial charge in [-0.15, -0.1) is 0 Å². The number of fused-ring (bicyclic) bond motifs is 2. The average Bonchev–Trinajstić information content (AvgIpc) is 3.21. The zero-order chi connectivity index (χ0) is 19.8.